The molecule has 0 aromatic heterocycles. The van der Waals surface area contributed by atoms with E-state index in [9.17, 15) is 0 Å². The molecule has 0 N–H and O–H groups in total. The van der Waals surface area contributed by atoms with Crippen molar-refractivity contribution in [1.82, 2.24) is 0 Å². The molecule has 0 amide bonds. The molecule has 0 bridgehead atoms. The molecule has 146 valence electrons. The van der Waals surface area contributed by atoms with Crippen molar-refractivity contribution in [3.8, 4) is 0 Å². The highest BCUT2D eigenvalue weighted by Crippen LogP contribution is 2.55. The smallest absolute Gasteiger partial charge is 0.115 e. The Kier molecular flexibility index (Phi) is 10.3. The van der Waals surface area contributed by atoms with Gasteiger partial charge in [-0.15, -0.1) is 0 Å². The van der Waals surface area contributed by atoms with Gasteiger partial charge in [-0.25, -0.2) is 0 Å². The number of benzene rings is 3. The number of hydrogen-bond donors (Lipinski definition) is 0. The molecule has 0 saturated heterocycles. The van der Waals surface area contributed by atoms with Gasteiger partial charge in [-0.05, 0) is 60.1 Å². The van der Waals surface area contributed by atoms with Crippen LogP contribution in [0.2, 0.25) is 0 Å². The monoisotopic (exact) mass is 520 g/mol. The van der Waals surface area contributed by atoms with Crippen LogP contribution in [-0.4, -0.2) is 10.6 Å². The van der Waals surface area contributed by atoms with Gasteiger partial charge in [-0.2, -0.15) is 0 Å². The van der Waals surface area contributed by atoms with Gasteiger partial charge in [0.1, 0.15) is 23.2 Å². The van der Waals surface area contributed by atoms with Crippen molar-refractivity contribution < 1.29 is 12.4 Å². The molecule has 0 radical (unpaired) electrons. The predicted molar refractivity (Wildman–Crippen MR) is 132 cm³/mol. The van der Waals surface area contributed by atoms with Crippen molar-refractivity contribution in [2.24, 2.45) is 0 Å². The van der Waals surface area contributed by atoms with E-state index in [1.807, 2.05) is 0 Å². The first-order valence-corrected chi connectivity index (χ1v) is 13.1. The summed E-state index contributed by atoms with van der Waals surface area (Å²) in [5.74, 6) is 0. The summed E-state index contributed by atoms with van der Waals surface area (Å²) < 4.78 is 1.25. The fraction of sp³-hybridized carbons (Fsp3) is 0.200. The standard InChI is InChI=1S/C25H27IP.ClH/c26-21-13-2-1-3-14-22-27(23-15-7-4-8-16-23,24-17-9-5-10-18-24)25-19-11-6-12-20-25;/h3-12,14-20H,1-2,13,21-22H2;1H/q+1;/p-1. The number of allylic oxidation sites excluding steroid dienone is 2. The van der Waals surface area contributed by atoms with Crippen LogP contribution < -0.4 is 28.3 Å². The Hall–Kier alpha value is -1.15. The number of hydrogen-bond acceptors (Lipinski definition) is 0. The van der Waals surface area contributed by atoms with E-state index in [0.29, 0.717) is 0 Å². The van der Waals surface area contributed by atoms with Gasteiger partial charge in [0.15, 0.2) is 0 Å². The number of rotatable bonds is 9. The zero-order valence-electron chi connectivity index (χ0n) is 16.1. The van der Waals surface area contributed by atoms with Gasteiger partial charge in [0.2, 0.25) is 0 Å². The van der Waals surface area contributed by atoms with Gasteiger partial charge in [-0.3, -0.25) is 0 Å². The van der Waals surface area contributed by atoms with E-state index >= 15 is 0 Å². The second kappa shape index (κ2) is 12.4. The Morgan fingerprint density at radius 3 is 1.43 bits per heavy atom. The van der Waals surface area contributed by atoms with Crippen LogP contribution in [0.3, 0.4) is 0 Å². The lowest BCUT2D eigenvalue weighted by Crippen LogP contribution is -3.00. The summed E-state index contributed by atoms with van der Waals surface area (Å²) in [6.07, 6.45) is 9.69. The first-order chi connectivity index (χ1) is 13.4. The van der Waals surface area contributed by atoms with E-state index in [0.717, 1.165) is 6.16 Å². The fourth-order valence-electron chi connectivity index (χ4n) is 3.52. The highest BCUT2D eigenvalue weighted by atomic mass is 127. The normalized spacial score (nSPS) is 11.3. The maximum absolute atomic E-state index is 2.47. The topological polar surface area (TPSA) is 0 Å². The van der Waals surface area contributed by atoms with Crippen molar-refractivity contribution in [2.45, 2.75) is 19.3 Å². The SMILES string of the molecule is ICCCCC=CC[P+](c1ccccc1)(c1ccccc1)c1ccccc1.[Cl-]. The lowest BCUT2D eigenvalue weighted by Gasteiger charge is -2.26. The summed E-state index contributed by atoms with van der Waals surface area (Å²) in [5.41, 5.74) is 0. The van der Waals surface area contributed by atoms with E-state index in [4.69, 9.17) is 0 Å². The first kappa shape index (κ1) is 23.1. The van der Waals surface area contributed by atoms with Crippen LogP contribution in [0.4, 0.5) is 0 Å². The average Bonchev–Trinajstić information content (AvgIpc) is 2.75. The van der Waals surface area contributed by atoms with Gasteiger partial charge in [0, 0.05) is 0 Å². The molecule has 0 saturated carbocycles. The second-order valence-electron chi connectivity index (χ2n) is 6.66. The minimum Gasteiger partial charge on any atom is -1.00 e. The van der Waals surface area contributed by atoms with E-state index in [1.165, 1.54) is 39.6 Å². The third-order valence-corrected chi connectivity index (χ3v) is 9.95. The Morgan fingerprint density at radius 1 is 0.607 bits per heavy atom. The van der Waals surface area contributed by atoms with E-state index in [1.54, 1.807) is 0 Å². The van der Waals surface area contributed by atoms with Gasteiger partial charge in [-0.1, -0.05) is 89.3 Å². The molecule has 28 heavy (non-hydrogen) atoms. The van der Waals surface area contributed by atoms with E-state index in [-0.39, 0.29) is 12.4 Å². The highest BCUT2D eigenvalue weighted by molar-refractivity contribution is 14.1. The molecule has 0 unspecified atom stereocenters. The lowest BCUT2D eigenvalue weighted by molar-refractivity contribution is -0.00000516. The van der Waals surface area contributed by atoms with Gasteiger partial charge in [0.05, 0.1) is 6.16 Å². The van der Waals surface area contributed by atoms with E-state index < -0.39 is 7.26 Å². The van der Waals surface area contributed by atoms with Crippen LogP contribution >= 0.6 is 29.9 Å². The summed E-state index contributed by atoms with van der Waals surface area (Å²) in [5, 5.41) is 4.37. The second-order valence-corrected chi connectivity index (χ2v) is 11.3. The van der Waals surface area contributed by atoms with Crippen LogP contribution in [0.1, 0.15) is 19.3 Å². The van der Waals surface area contributed by atoms with Crippen molar-refractivity contribution in [3.05, 3.63) is 103 Å². The van der Waals surface area contributed by atoms with Crippen LogP contribution in [-0.2, 0) is 0 Å². The summed E-state index contributed by atoms with van der Waals surface area (Å²) in [6.45, 7) is 0. The Labute approximate surface area is 190 Å². The maximum Gasteiger partial charge on any atom is 0.115 e. The number of halogens is 2. The third-order valence-electron chi connectivity index (χ3n) is 4.89. The van der Waals surface area contributed by atoms with Crippen LogP contribution in [0, 0.1) is 0 Å². The highest BCUT2D eigenvalue weighted by Gasteiger charge is 2.43. The van der Waals surface area contributed by atoms with E-state index in [2.05, 4.69) is 126 Å². The van der Waals surface area contributed by atoms with Crippen molar-refractivity contribution >= 4 is 45.8 Å². The number of unbranched alkanes of at least 4 members (excludes halogenated alkanes) is 2. The molecular formula is C25H27ClIP. The predicted octanol–water partition coefficient (Wildman–Crippen LogP) is 3.15. The van der Waals surface area contributed by atoms with Crippen LogP contribution in [0.25, 0.3) is 0 Å². The minimum absolute atomic E-state index is 0. The molecule has 3 heteroatoms. The van der Waals surface area contributed by atoms with Crippen LogP contribution in [0.5, 0.6) is 0 Å². The molecule has 0 aliphatic rings. The molecular weight excluding hydrogens is 494 g/mol. The Morgan fingerprint density at radius 2 is 1.04 bits per heavy atom. The van der Waals surface area contributed by atoms with Gasteiger partial charge >= 0.3 is 0 Å². The molecule has 0 atom stereocenters. The summed E-state index contributed by atoms with van der Waals surface area (Å²) >= 11 is 2.47. The first-order valence-electron chi connectivity index (χ1n) is 9.64. The molecule has 0 nitrogen and oxygen atoms in total. The molecule has 3 aromatic rings. The van der Waals surface area contributed by atoms with Crippen LogP contribution in [0.15, 0.2) is 103 Å². The zero-order valence-corrected chi connectivity index (χ0v) is 19.9. The summed E-state index contributed by atoms with van der Waals surface area (Å²) in [6, 6.07) is 33.3. The lowest BCUT2D eigenvalue weighted by atomic mass is 10.2. The van der Waals surface area contributed by atoms with Gasteiger partial charge < -0.3 is 12.4 Å². The minimum atomic E-state index is -1.70. The maximum atomic E-state index is 2.47. The largest absolute Gasteiger partial charge is 1.00 e. The molecule has 3 rings (SSSR count). The molecule has 3 aromatic carbocycles. The third kappa shape index (κ3) is 5.69. The average molecular weight is 521 g/mol. The summed E-state index contributed by atoms with van der Waals surface area (Å²) in [4.78, 5) is 0. The Bertz CT molecular complexity index is 722. The summed E-state index contributed by atoms with van der Waals surface area (Å²) in [7, 11) is -1.70. The van der Waals surface area contributed by atoms with Crippen molar-refractivity contribution in [2.75, 3.05) is 10.6 Å². The van der Waals surface area contributed by atoms with Crippen molar-refractivity contribution in [3.63, 3.8) is 0 Å². The molecule has 0 aliphatic carbocycles. The molecule has 0 spiro atoms. The van der Waals surface area contributed by atoms with Gasteiger partial charge in [0.25, 0.3) is 0 Å². The zero-order chi connectivity index (χ0) is 18.8. The Balaban J connectivity index is 0.00000280. The molecule has 0 aliphatic heterocycles. The van der Waals surface area contributed by atoms with Crippen molar-refractivity contribution in [1.29, 1.82) is 0 Å². The quantitative estimate of drug-likeness (QED) is 0.134. The molecule has 0 fully saturated rings. The number of alkyl halides is 1. The fourth-order valence-corrected chi connectivity index (χ4v) is 8.09. The molecule has 0 heterocycles.